The standard InChI is InChI=1S/C15H22N2O/c1-11(2)14-10-17(8-4-7-16)15-9-12(18-3)5-6-13(14)15/h5-6,9-11H,4,7-8,16H2,1-3H3. The topological polar surface area (TPSA) is 40.2 Å². The van der Waals surface area contributed by atoms with Crippen LogP contribution < -0.4 is 10.5 Å². The zero-order valence-corrected chi connectivity index (χ0v) is 11.4. The van der Waals surface area contributed by atoms with Gasteiger partial charge in [-0.3, -0.25) is 0 Å². The molecule has 0 saturated carbocycles. The Hall–Kier alpha value is -1.48. The molecule has 0 saturated heterocycles. The molecule has 0 unspecified atom stereocenters. The molecule has 0 fully saturated rings. The molecule has 0 bridgehead atoms. The fraction of sp³-hybridized carbons (Fsp3) is 0.467. The minimum atomic E-state index is 0.528. The fourth-order valence-corrected chi connectivity index (χ4v) is 2.33. The molecule has 2 N–H and O–H groups in total. The molecule has 3 heteroatoms. The van der Waals surface area contributed by atoms with Crippen molar-refractivity contribution in [1.82, 2.24) is 4.57 Å². The van der Waals surface area contributed by atoms with Crippen LogP contribution in [-0.2, 0) is 6.54 Å². The molecule has 98 valence electrons. The summed E-state index contributed by atoms with van der Waals surface area (Å²) in [5.41, 5.74) is 8.24. The van der Waals surface area contributed by atoms with Gasteiger partial charge in [-0.1, -0.05) is 13.8 Å². The largest absolute Gasteiger partial charge is 0.497 e. The predicted molar refractivity (Wildman–Crippen MR) is 76.3 cm³/mol. The van der Waals surface area contributed by atoms with Gasteiger partial charge in [-0.15, -0.1) is 0 Å². The van der Waals surface area contributed by atoms with Crippen LogP contribution in [0.25, 0.3) is 10.9 Å². The van der Waals surface area contributed by atoms with Gasteiger partial charge < -0.3 is 15.0 Å². The number of hydrogen-bond donors (Lipinski definition) is 1. The van der Waals surface area contributed by atoms with E-state index in [2.05, 4.69) is 36.7 Å². The first-order chi connectivity index (χ1) is 8.67. The lowest BCUT2D eigenvalue weighted by Crippen LogP contribution is -2.04. The van der Waals surface area contributed by atoms with Crippen molar-refractivity contribution in [3.8, 4) is 5.75 Å². The maximum atomic E-state index is 5.61. The lowest BCUT2D eigenvalue weighted by molar-refractivity contribution is 0.415. The minimum absolute atomic E-state index is 0.528. The van der Waals surface area contributed by atoms with Crippen LogP contribution in [0.4, 0.5) is 0 Å². The molecule has 2 aromatic rings. The smallest absolute Gasteiger partial charge is 0.120 e. The molecule has 0 aliphatic heterocycles. The highest BCUT2D eigenvalue weighted by Crippen LogP contribution is 2.30. The Balaban J connectivity index is 2.53. The molecule has 0 spiro atoms. The van der Waals surface area contributed by atoms with Gasteiger partial charge in [-0.05, 0) is 36.6 Å². The molecule has 0 aliphatic rings. The van der Waals surface area contributed by atoms with Crippen molar-refractivity contribution >= 4 is 10.9 Å². The van der Waals surface area contributed by atoms with Crippen LogP contribution >= 0.6 is 0 Å². The van der Waals surface area contributed by atoms with Crippen LogP contribution in [0.3, 0.4) is 0 Å². The summed E-state index contributed by atoms with van der Waals surface area (Å²) in [4.78, 5) is 0. The average molecular weight is 246 g/mol. The van der Waals surface area contributed by atoms with Crippen molar-refractivity contribution in [1.29, 1.82) is 0 Å². The van der Waals surface area contributed by atoms with E-state index in [1.807, 2.05) is 6.07 Å². The summed E-state index contributed by atoms with van der Waals surface area (Å²) < 4.78 is 7.61. The van der Waals surface area contributed by atoms with Gasteiger partial charge in [0.2, 0.25) is 0 Å². The molecule has 3 nitrogen and oxygen atoms in total. The molecule has 0 atom stereocenters. The van der Waals surface area contributed by atoms with Crippen molar-refractivity contribution < 1.29 is 4.74 Å². The van der Waals surface area contributed by atoms with E-state index in [-0.39, 0.29) is 0 Å². The van der Waals surface area contributed by atoms with E-state index in [0.29, 0.717) is 5.92 Å². The lowest BCUT2D eigenvalue weighted by Gasteiger charge is -2.05. The number of methoxy groups -OCH3 is 1. The summed E-state index contributed by atoms with van der Waals surface area (Å²) in [6.07, 6.45) is 3.25. The SMILES string of the molecule is COc1ccc2c(C(C)C)cn(CCCN)c2c1. The first kappa shape index (κ1) is 13.0. The van der Waals surface area contributed by atoms with Gasteiger partial charge in [0.1, 0.15) is 5.75 Å². The summed E-state index contributed by atoms with van der Waals surface area (Å²) in [5, 5.41) is 1.32. The Bertz CT molecular complexity index is 529. The summed E-state index contributed by atoms with van der Waals surface area (Å²) in [5.74, 6) is 1.44. The third kappa shape index (κ3) is 2.36. The van der Waals surface area contributed by atoms with Crippen LogP contribution in [0.15, 0.2) is 24.4 Å². The summed E-state index contributed by atoms with van der Waals surface area (Å²) in [6, 6.07) is 6.29. The summed E-state index contributed by atoms with van der Waals surface area (Å²) in [6.45, 7) is 6.14. The monoisotopic (exact) mass is 246 g/mol. The Morgan fingerprint density at radius 3 is 2.72 bits per heavy atom. The summed E-state index contributed by atoms with van der Waals surface area (Å²) >= 11 is 0. The average Bonchev–Trinajstić information content (AvgIpc) is 2.74. The predicted octanol–water partition coefficient (Wildman–Crippen LogP) is 3.12. The van der Waals surface area contributed by atoms with Gasteiger partial charge in [-0.2, -0.15) is 0 Å². The Kier molecular flexibility index (Phi) is 3.92. The lowest BCUT2D eigenvalue weighted by atomic mass is 10.0. The van der Waals surface area contributed by atoms with E-state index < -0.39 is 0 Å². The minimum Gasteiger partial charge on any atom is -0.497 e. The van der Waals surface area contributed by atoms with Crippen LogP contribution in [0.5, 0.6) is 5.75 Å². The molecule has 1 aromatic heterocycles. The van der Waals surface area contributed by atoms with E-state index in [0.717, 1.165) is 25.3 Å². The van der Waals surface area contributed by atoms with Gasteiger partial charge in [0.25, 0.3) is 0 Å². The number of nitrogens with zero attached hydrogens (tertiary/aromatic N) is 1. The Labute approximate surface area is 109 Å². The number of aryl methyl sites for hydroxylation is 1. The quantitative estimate of drug-likeness (QED) is 0.880. The molecule has 0 radical (unpaired) electrons. The van der Waals surface area contributed by atoms with Gasteiger partial charge in [-0.25, -0.2) is 0 Å². The molecule has 18 heavy (non-hydrogen) atoms. The molecular formula is C15H22N2O. The van der Waals surface area contributed by atoms with Crippen LogP contribution in [-0.4, -0.2) is 18.2 Å². The highest BCUT2D eigenvalue weighted by atomic mass is 16.5. The Morgan fingerprint density at radius 1 is 1.33 bits per heavy atom. The third-order valence-electron chi connectivity index (χ3n) is 3.35. The van der Waals surface area contributed by atoms with Gasteiger partial charge >= 0.3 is 0 Å². The van der Waals surface area contributed by atoms with Crippen molar-refractivity contribution in [2.45, 2.75) is 32.7 Å². The second-order valence-electron chi connectivity index (χ2n) is 4.96. The Morgan fingerprint density at radius 2 is 2.11 bits per heavy atom. The summed E-state index contributed by atoms with van der Waals surface area (Å²) in [7, 11) is 1.71. The zero-order chi connectivity index (χ0) is 13.1. The normalized spacial score (nSPS) is 11.4. The molecule has 0 amide bonds. The van der Waals surface area contributed by atoms with Gasteiger partial charge in [0, 0.05) is 24.2 Å². The number of rotatable bonds is 5. The molecule has 2 rings (SSSR count). The second-order valence-corrected chi connectivity index (χ2v) is 4.96. The van der Waals surface area contributed by atoms with Crippen molar-refractivity contribution in [2.75, 3.05) is 13.7 Å². The maximum Gasteiger partial charge on any atom is 0.120 e. The fourth-order valence-electron chi connectivity index (χ4n) is 2.33. The highest BCUT2D eigenvalue weighted by molar-refractivity contribution is 5.85. The first-order valence-corrected chi connectivity index (χ1v) is 6.54. The van der Waals surface area contributed by atoms with E-state index in [9.17, 15) is 0 Å². The number of ether oxygens (including phenoxy) is 1. The molecule has 1 aromatic carbocycles. The zero-order valence-electron chi connectivity index (χ0n) is 11.4. The second kappa shape index (κ2) is 5.44. The van der Waals surface area contributed by atoms with Crippen molar-refractivity contribution in [3.05, 3.63) is 30.0 Å². The van der Waals surface area contributed by atoms with Crippen LogP contribution in [0, 0.1) is 0 Å². The number of fused-ring (bicyclic) bond motifs is 1. The van der Waals surface area contributed by atoms with Crippen molar-refractivity contribution in [2.24, 2.45) is 5.73 Å². The van der Waals surface area contributed by atoms with Gasteiger partial charge in [0.05, 0.1) is 12.6 Å². The van der Waals surface area contributed by atoms with E-state index in [4.69, 9.17) is 10.5 Å². The number of nitrogens with two attached hydrogens (primary N) is 1. The number of hydrogen-bond acceptors (Lipinski definition) is 2. The number of aromatic nitrogens is 1. The van der Waals surface area contributed by atoms with E-state index >= 15 is 0 Å². The van der Waals surface area contributed by atoms with Crippen LogP contribution in [0.2, 0.25) is 0 Å². The molecule has 1 heterocycles. The van der Waals surface area contributed by atoms with Crippen molar-refractivity contribution in [3.63, 3.8) is 0 Å². The van der Waals surface area contributed by atoms with Gasteiger partial charge in [0.15, 0.2) is 0 Å². The molecule has 0 aliphatic carbocycles. The van der Waals surface area contributed by atoms with Crippen LogP contribution in [0.1, 0.15) is 31.7 Å². The molecular weight excluding hydrogens is 224 g/mol. The van der Waals surface area contributed by atoms with E-state index in [1.165, 1.54) is 16.5 Å². The third-order valence-corrected chi connectivity index (χ3v) is 3.35. The maximum absolute atomic E-state index is 5.61. The highest BCUT2D eigenvalue weighted by Gasteiger charge is 2.11. The van der Waals surface area contributed by atoms with E-state index in [1.54, 1.807) is 7.11 Å². The first-order valence-electron chi connectivity index (χ1n) is 6.54. The number of benzene rings is 1.